The van der Waals surface area contributed by atoms with Gasteiger partial charge < -0.3 is 10.2 Å². The van der Waals surface area contributed by atoms with Gasteiger partial charge in [-0.3, -0.25) is 0 Å². The summed E-state index contributed by atoms with van der Waals surface area (Å²) in [6.45, 7) is 9.14. The van der Waals surface area contributed by atoms with Crippen LogP contribution in [0.4, 0.5) is 23.1 Å². The van der Waals surface area contributed by atoms with Gasteiger partial charge in [-0.2, -0.15) is 4.98 Å². The molecule has 0 aliphatic carbocycles. The van der Waals surface area contributed by atoms with Gasteiger partial charge in [0.2, 0.25) is 5.95 Å². The lowest BCUT2D eigenvalue weighted by molar-refractivity contribution is 0.968. The first kappa shape index (κ1) is 17.0. The summed E-state index contributed by atoms with van der Waals surface area (Å²) in [6.07, 6.45) is 0. The van der Waals surface area contributed by atoms with E-state index in [1.54, 1.807) is 0 Å². The van der Waals surface area contributed by atoms with Gasteiger partial charge in [-0.1, -0.05) is 24.3 Å². The quantitative estimate of drug-likeness (QED) is 0.688. The number of benzene rings is 2. The maximum absolute atomic E-state index is 4.74. The second-order valence-corrected chi connectivity index (χ2v) is 6.27. The summed E-state index contributed by atoms with van der Waals surface area (Å²) in [5.74, 6) is 1.52. The van der Waals surface area contributed by atoms with Gasteiger partial charge in [-0.25, -0.2) is 4.98 Å². The molecule has 0 spiro atoms. The van der Waals surface area contributed by atoms with Crippen LogP contribution in [-0.4, -0.2) is 16.5 Å². The first-order valence-corrected chi connectivity index (χ1v) is 8.59. The first-order chi connectivity index (χ1) is 12.0. The molecule has 0 unspecified atom stereocenters. The highest BCUT2D eigenvalue weighted by Gasteiger charge is 2.12. The molecule has 0 saturated carbocycles. The summed E-state index contributed by atoms with van der Waals surface area (Å²) in [7, 11) is 0. The number of nitrogens with zero attached hydrogens (tertiary/aromatic N) is 3. The van der Waals surface area contributed by atoms with Crippen molar-refractivity contribution in [3.05, 3.63) is 71.4 Å². The Kier molecular flexibility index (Phi) is 4.98. The number of nitrogens with one attached hydrogen (secondary N) is 1. The van der Waals surface area contributed by atoms with Crippen molar-refractivity contribution in [3.8, 4) is 0 Å². The molecule has 3 rings (SSSR count). The molecule has 0 bridgehead atoms. The zero-order chi connectivity index (χ0) is 17.8. The highest BCUT2D eigenvalue weighted by Crippen LogP contribution is 2.26. The molecule has 1 aromatic heterocycles. The van der Waals surface area contributed by atoms with Gasteiger partial charge in [-0.15, -0.1) is 0 Å². The van der Waals surface area contributed by atoms with Crippen LogP contribution < -0.4 is 10.2 Å². The molecule has 0 fully saturated rings. The zero-order valence-electron chi connectivity index (χ0n) is 15.2. The van der Waals surface area contributed by atoms with Crippen LogP contribution in [0.1, 0.15) is 23.7 Å². The van der Waals surface area contributed by atoms with Gasteiger partial charge >= 0.3 is 0 Å². The maximum Gasteiger partial charge on any atom is 0.229 e. The minimum Gasteiger partial charge on any atom is -0.326 e. The van der Waals surface area contributed by atoms with Crippen LogP contribution in [-0.2, 0) is 0 Å². The smallest absolute Gasteiger partial charge is 0.229 e. The van der Waals surface area contributed by atoms with Crippen molar-refractivity contribution in [2.45, 2.75) is 27.7 Å². The Bertz CT molecular complexity index is 873. The number of aryl methyl sites for hydroxylation is 3. The van der Waals surface area contributed by atoms with E-state index in [9.17, 15) is 0 Å². The molecule has 4 heteroatoms. The minimum absolute atomic E-state index is 0.617. The fourth-order valence-corrected chi connectivity index (χ4v) is 2.87. The molecular formula is C21H24N4. The van der Waals surface area contributed by atoms with Crippen LogP contribution in [0.5, 0.6) is 0 Å². The molecule has 0 saturated heterocycles. The molecule has 3 aromatic rings. The Morgan fingerprint density at radius 2 is 1.60 bits per heavy atom. The SMILES string of the molecule is CCN(c1cccc(C)c1)c1cc(C)nc(Nc2cccc(C)c2)n1. The number of rotatable bonds is 5. The van der Waals surface area contributed by atoms with E-state index < -0.39 is 0 Å². The summed E-state index contributed by atoms with van der Waals surface area (Å²) in [4.78, 5) is 11.5. The van der Waals surface area contributed by atoms with E-state index in [-0.39, 0.29) is 0 Å². The van der Waals surface area contributed by atoms with E-state index in [2.05, 4.69) is 72.4 Å². The monoisotopic (exact) mass is 332 g/mol. The van der Waals surface area contributed by atoms with E-state index >= 15 is 0 Å². The van der Waals surface area contributed by atoms with E-state index in [1.165, 1.54) is 11.1 Å². The maximum atomic E-state index is 4.74. The number of anilines is 4. The molecule has 128 valence electrons. The van der Waals surface area contributed by atoms with Crippen molar-refractivity contribution in [2.75, 3.05) is 16.8 Å². The van der Waals surface area contributed by atoms with Gasteiger partial charge in [0.1, 0.15) is 5.82 Å². The third-order valence-corrected chi connectivity index (χ3v) is 4.02. The molecule has 1 heterocycles. The topological polar surface area (TPSA) is 41.1 Å². The van der Waals surface area contributed by atoms with Gasteiger partial charge in [0, 0.05) is 29.7 Å². The Balaban J connectivity index is 1.95. The summed E-state index contributed by atoms with van der Waals surface area (Å²) in [6, 6.07) is 18.7. The Labute approximate surface area is 149 Å². The van der Waals surface area contributed by atoms with E-state index in [4.69, 9.17) is 4.98 Å². The van der Waals surface area contributed by atoms with Crippen molar-refractivity contribution in [2.24, 2.45) is 0 Å². The fourth-order valence-electron chi connectivity index (χ4n) is 2.87. The van der Waals surface area contributed by atoms with Gasteiger partial charge in [0.25, 0.3) is 0 Å². The van der Waals surface area contributed by atoms with Crippen LogP contribution in [0.2, 0.25) is 0 Å². The summed E-state index contributed by atoms with van der Waals surface area (Å²) in [5, 5.41) is 3.32. The van der Waals surface area contributed by atoms with Gasteiger partial charge in [-0.05, 0) is 63.1 Å². The highest BCUT2D eigenvalue weighted by atomic mass is 15.2. The lowest BCUT2D eigenvalue weighted by atomic mass is 10.2. The molecule has 0 amide bonds. The Morgan fingerprint density at radius 3 is 2.28 bits per heavy atom. The van der Waals surface area contributed by atoms with Crippen LogP contribution in [0.15, 0.2) is 54.6 Å². The van der Waals surface area contributed by atoms with Crippen molar-refractivity contribution in [1.29, 1.82) is 0 Å². The number of hydrogen-bond acceptors (Lipinski definition) is 4. The molecule has 2 aromatic carbocycles. The average Bonchev–Trinajstić information content (AvgIpc) is 2.55. The van der Waals surface area contributed by atoms with Crippen LogP contribution in [0.25, 0.3) is 0 Å². The lowest BCUT2D eigenvalue weighted by Gasteiger charge is -2.23. The number of aromatic nitrogens is 2. The molecular weight excluding hydrogens is 308 g/mol. The van der Waals surface area contributed by atoms with Crippen LogP contribution in [0.3, 0.4) is 0 Å². The van der Waals surface area contributed by atoms with Crippen molar-refractivity contribution in [1.82, 2.24) is 9.97 Å². The molecule has 0 aliphatic rings. The third kappa shape index (κ3) is 4.15. The van der Waals surface area contributed by atoms with Crippen molar-refractivity contribution in [3.63, 3.8) is 0 Å². The van der Waals surface area contributed by atoms with Gasteiger partial charge in [0.05, 0.1) is 0 Å². The molecule has 1 N–H and O–H groups in total. The Morgan fingerprint density at radius 1 is 0.880 bits per heavy atom. The second kappa shape index (κ2) is 7.34. The first-order valence-electron chi connectivity index (χ1n) is 8.59. The predicted octanol–water partition coefficient (Wildman–Crippen LogP) is 5.30. The van der Waals surface area contributed by atoms with E-state index in [1.807, 2.05) is 25.1 Å². The van der Waals surface area contributed by atoms with Crippen LogP contribution in [0, 0.1) is 20.8 Å². The van der Waals surface area contributed by atoms with E-state index in [0.29, 0.717) is 5.95 Å². The third-order valence-electron chi connectivity index (χ3n) is 4.02. The molecule has 4 nitrogen and oxygen atoms in total. The predicted molar refractivity (Wildman–Crippen MR) is 105 cm³/mol. The fraction of sp³-hybridized carbons (Fsp3) is 0.238. The van der Waals surface area contributed by atoms with Crippen molar-refractivity contribution >= 4 is 23.1 Å². The number of hydrogen-bond donors (Lipinski definition) is 1. The molecule has 0 radical (unpaired) electrons. The summed E-state index contributed by atoms with van der Waals surface area (Å²) >= 11 is 0. The highest BCUT2D eigenvalue weighted by molar-refractivity contribution is 5.63. The van der Waals surface area contributed by atoms with Crippen LogP contribution >= 0.6 is 0 Å². The second-order valence-electron chi connectivity index (χ2n) is 6.27. The zero-order valence-corrected chi connectivity index (χ0v) is 15.2. The molecule has 25 heavy (non-hydrogen) atoms. The van der Waals surface area contributed by atoms with E-state index in [0.717, 1.165) is 29.4 Å². The Hall–Kier alpha value is -2.88. The minimum atomic E-state index is 0.617. The summed E-state index contributed by atoms with van der Waals surface area (Å²) in [5.41, 5.74) is 5.51. The lowest BCUT2D eigenvalue weighted by Crippen LogP contribution is -2.18. The average molecular weight is 332 g/mol. The molecule has 0 atom stereocenters. The van der Waals surface area contributed by atoms with Crippen molar-refractivity contribution < 1.29 is 0 Å². The standard InChI is InChI=1S/C21H24N4/c1-5-25(19-11-7-9-16(3)13-19)20-14-17(4)22-21(24-20)23-18-10-6-8-15(2)12-18/h6-14H,5H2,1-4H3,(H,22,23,24). The summed E-state index contributed by atoms with van der Waals surface area (Å²) < 4.78 is 0. The molecule has 0 aliphatic heterocycles. The van der Waals surface area contributed by atoms with Gasteiger partial charge in [0.15, 0.2) is 0 Å². The largest absolute Gasteiger partial charge is 0.326 e. The normalized spacial score (nSPS) is 10.6.